The summed E-state index contributed by atoms with van der Waals surface area (Å²) in [6, 6.07) is 13.6. The van der Waals surface area contributed by atoms with Crippen LogP contribution < -0.4 is 10.1 Å². The molecule has 0 aliphatic carbocycles. The molecule has 0 radical (unpaired) electrons. The molecule has 1 unspecified atom stereocenters. The number of anilines is 1. The zero-order valence-electron chi connectivity index (χ0n) is 12.6. The lowest BCUT2D eigenvalue weighted by atomic mass is 10.2. The van der Waals surface area contributed by atoms with E-state index >= 15 is 0 Å². The SMILES string of the molecule is CNc1ccc(-c2nc3ccc(OCC(O)C[19F])cc3s2)cc1. The molecule has 0 aliphatic rings. The molecule has 3 aromatic rings. The van der Waals surface area contributed by atoms with Gasteiger partial charge in [-0.15, -0.1) is 11.3 Å². The average Bonchev–Trinajstić information content (AvgIpc) is 3.03. The Morgan fingerprint density at radius 1 is 1.26 bits per heavy atom. The van der Waals surface area contributed by atoms with Crippen molar-refractivity contribution in [3.8, 4) is 16.3 Å². The van der Waals surface area contributed by atoms with Crippen molar-refractivity contribution in [3.63, 3.8) is 0 Å². The van der Waals surface area contributed by atoms with Gasteiger partial charge in [0.2, 0.25) is 0 Å². The summed E-state index contributed by atoms with van der Waals surface area (Å²) < 4.78 is 18.6. The van der Waals surface area contributed by atoms with Gasteiger partial charge in [-0.2, -0.15) is 0 Å². The monoisotopic (exact) mass is 332 g/mol. The Hall–Kier alpha value is -2.18. The molecule has 1 heterocycles. The molecule has 23 heavy (non-hydrogen) atoms. The quantitative estimate of drug-likeness (QED) is 0.722. The van der Waals surface area contributed by atoms with Gasteiger partial charge in [0.15, 0.2) is 0 Å². The summed E-state index contributed by atoms with van der Waals surface area (Å²) in [5.74, 6) is 0.603. The number of aliphatic hydroxyl groups is 1. The van der Waals surface area contributed by atoms with Gasteiger partial charge in [-0.1, -0.05) is 0 Å². The Balaban J connectivity index is 1.83. The van der Waals surface area contributed by atoms with Crippen LogP contribution in [0.25, 0.3) is 20.8 Å². The Kier molecular flexibility index (Phi) is 4.73. The van der Waals surface area contributed by atoms with E-state index in [4.69, 9.17) is 4.74 Å². The van der Waals surface area contributed by atoms with Gasteiger partial charge in [0, 0.05) is 18.3 Å². The van der Waals surface area contributed by atoms with Crippen molar-refractivity contribution in [1.82, 2.24) is 4.98 Å². The zero-order valence-corrected chi connectivity index (χ0v) is 13.4. The van der Waals surface area contributed by atoms with Crippen LogP contribution in [0.1, 0.15) is 0 Å². The van der Waals surface area contributed by atoms with E-state index in [1.807, 2.05) is 43.4 Å². The van der Waals surface area contributed by atoms with Crippen LogP contribution in [0.2, 0.25) is 0 Å². The third-order valence-corrected chi connectivity index (χ3v) is 4.47. The fourth-order valence-electron chi connectivity index (χ4n) is 2.13. The molecular weight excluding hydrogens is 315 g/mol. The second-order valence-electron chi connectivity index (χ2n) is 5.10. The molecule has 1 aromatic heterocycles. The molecule has 3 rings (SSSR count). The molecule has 120 valence electrons. The van der Waals surface area contributed by atoms with Crippen molar-refractivity contribution in [2.24, 2.45) is 0 Å². The molecule has 0 amide bonds. The van der Waals surface area contributed by atoms with E-state index in [9.17, 15) is 9.50 Å². The average molecular weight is 332 g/mol. The highest BCUT2D eigenvalue weighted by atomic mass is 32.1. The Labute approximate surface area is 137 Å². The molecule has 0 bridgehead atoms. The lowest BCUT2D eigenvalue weighted by Gasteiger charge is -2.08. The van der Waals surface area contributed by atoms with E-state index in [0.29, 0.717) is 5.75 Å². The largest absolute Gasteiger partial charge is 0.491 e. The number of benzene rings is 2. The number of alkyl halides is 1. The predicted octanol–water partition coefficient (Wildman–Crippen LogP) is 3.71. The molecular formula is C17H17FN2O2S. The summed E-state index contributed by atoms with van der Waals surface area (Å²) in [6.07, 6.45) is -1.09. The van der Waals surface area contributed by atoms with Crippen molar-refractivity contribution >= 4 is 27.2 Å². The number of ether oxygens (including phenoxy) is 1. The molecule has 0 saturated heterocycles. The van der Waals surface area contributed by atoms with Crippen molar-refractivity contribution in [3.05, 3.63) is 42.5 Å². The third-order valence-electron chi connectivity index (χ3n) is 3.40. The van der Waals surface area contributed by atoms with Crippen molar-refractivity contribution in [1.29, 1.82) is 0 Å². The van der Waals surface area contributed by atoms with E-state index in [1.165, 1.54) is 0 Å². The van der Waals surface area contributed by atoms with Crippen LogP contribution in [0.4, 0.5) is 10.1 Å². The van der Waals surface area contributed by atoms with E-state index < -0.39 is 12.8 Å². The summed E-state index contributed by atoms with van der Waals surface area (Å²) in [4.78, 5) is 4.62. The molecule has 0 aliphatic heterocycles. The van der Waals surface area contributed by atoms with E-state index in [1.54, 1.807) is 17.4 Å². The standard InChI is InChI=1S/C17H17FN2O2S/c1-19-12-4-2-11(3-5-12)17-20-15-7-6-14(8-16(15)23-17)22-10-13(21)9-18/h2-8,13,19,21H,9-10H2,1H3/i18+0. The molecule has 2 aromatic carbocycles. The summed E-state index contributed by atoms with van der Waals surface area (Å²) in [5.41, 5.74) is 3.00. The van der Waals surface area contributed by atoms with Crippen LogP contribution in [0.3, 0.4) is 0 Å². The molecule has 2 N–H and O–H groups in total. The maximum atomic E-state index is 12.2. The minimum Gasteiger partial charge on any atom is -0.491 e. The summed E-state index contributed by atoms with van der Waals surface area (Å²) in [7, 11) is 1.88. The van der Waals surface area contributed by atoms with Crippen LogP contribution in [-0.2, 0) is 0 Å². The predicted molar refractivity (Wildman–Crippen MR) is 92.1 cm³/mol. The van der Waals surface area contributed by atoms with Crippen molar-refractivity contribution < 1.29 is 14.2 Å². The Morgan fingerprint density at radius 2 is 2.04 bits per heavy atom. The minimum absolute atomic E-state index is 0.0564. The van der Waals surface area contributed by atoms with Crippen molar-refractivity contribution in [2.75, 3.05) is 25.6 Å². The number of hydrogen-bond donors (Lipinski definition) is 2. The minimum atomic E-state index is -1.09. The van der Waals surface area contributed by atoms with Gasteiger partial charge in [-0.25, -0.2) is 9.37 Å². The number of aromatic nitrogens is 1. The lowest BCUT2D eigenvalue weighted by Crippen LogP contribution is -2.19. The Morgan fingerprint density at radius 3 is 2.74 bits per heavy atom. The second-order valence-corrected chi connectivity index (χ2v) is 6.13. The topological polar surface area (TPSA) is 54.4 Å². The molecule has 1 atom stereocenters. The fraction of sp³-hybridized carbons (Fsp3) is 0.235. The van der Waals surface area contributed by atoms with E-state index in [0.717, 1.165) is 26.5 Å². The Bertz CT molecular complexity index is 789. The summed E-state index contributed by atoms with van der Waals surface area (Å²) in [5, 5.41) is 13.2. The van der Waals surface area contributed by atoms with Gasteiger partial charge in [0.25, 0.3) is 0 Å². The zero-order chi connectivity index (χ0) is 16.2. The second kappa shape index (κ2) is 6.93. The van der Waals surface area contributed by atoms with E-state index in [-0.39, 0.29) is 6.61 Å². The maximum absolute atomic E-state index is 12.2. The van der Waals surface area contributed by atoms with Gasteiger partial charge in [0.1, 0.15) is 30.1 Å². The van der Waals surface area contributed by atoms with Gasteiger partial charge in [0.05, 0.1) is 10.2 Å². The third kappa shape index (κ3) is 3.60. The van der Waals surface area contributed by atoms with E-state index in [2.05, 4.69) is 10.3 Å². The first-order valence-electron chi connectivity index (χ1n) is 7.25. The first kappa shape index (κ1) is 15.7. The van der Waals surface area contributed by atoms with Crippen LogP contribution in [-0.4, -0.2) is 36.5 Å². The van der Waals surface area contributed by atoms with Crippen LogP contribution in [0.5, 0.6) is 5.75 Å². The highest BCUT2D eigenvalue weighted by Crippen LogP contribution is 2.32. The van der Waals surface area contributed by atoms with Crippen LogP contribution in [0, 0.1) is 0 Å². The fourth-order valence-corrected chi connectivity index (χ4v) is 3.13. The highest BCUT2D eigenvalue weighted by Gasteiger charge is 2.09. The number of nitrogens with one attached hydrogen (secondary N) is 1. The normalized spacial score (nSPS) is 12.3. The number of halogens is 1. The molecule has 4 nitrogen and oxygen atoms in total. The van der Waals surface area contributed by atoms with Gasteiger partial charge in [-0.05, 0) is 42.5 Å². The summed E-state index contributed by atoms with van der Waals surface area (Å²) >= 11 is 1.57. The maximum Gasteiger partial charge on any atom is 0.124 e. The van der Waals surface area contributed by atoms with Crippen molar-refractivity contribution in [2.45, 2.75) is 6.10 Å². The number of aliphatic hydroxyl groups excluding tert-OH is 1. The number of hydrogen-bond acceptors (Lipinski definition) is 5. The summed E-state index contributed by atoms with van der Waals surface area (Å²) in [6.45, 7) is -0.866. The number of fused-ring (bicyclic) bond motifs is 1. The number of thiazole rings is 1. The lowest BCUT2D eigenvalue weighted by molar-refractivity contribution is 0.0842. The van der Waals surface area contributed by atoms with Crippen LogP contribution >= 0.6 is 11.3 Å². The van der Waals surface area contributed by atoms with Gasteiger partial charge < -0.3 is 15.2 Å². The number of nitrogens with zero attached hydrogens (tertiary/aromatic N) is 1. The first-order chi connectivity index (χ1) is 11.2. The highest BCUT2D eigenvalue weighted by molar-refractivity contribution is 7.21. The van der Waals surface area contributed by atoms with Crippen LogP contribution in [0.15, 0.2) is 42.5 Å². The molecule has 0 fully saturated rings. The molecule has 6 heteroatoms. The van der Waals surface area contributed by atoms with Gasteiger partial charge in [-0.3, -0.25) is 0 Å². The number of rotatable bonds is 6. The first-order valence-corrected chi connectivity index (χ1v) is 8.07. The van der Waals surface area contributed by atoms with Gasteiger partial charge >= 0.3 is 0 Å². The molecule has 0 saturated carbocycles. The smallest absolute Gasteiger partial charge is 0.124 e. The molecule has 0 spiro atoms.